The van der Waals surface area contributed by atoms with Crippen molar-refractivity contribution in [2.45, 2.75) is 44.5 Å². The highest BCUT2D eigenvalue weighted by molar-refractivity contribution is 5.98. The van der Waals surface area contributed by atoms with Crippen molar-refractivity contribution in [3.63, 3.8) is 0 Å². The van der Waals surface area contributed by atoms with Crippen LogP contribution in [0.15, 0.2) is 84.9 Å². The lowest BCUT2D eigenvalue weighted by Gasteiger charge is -2.32. The molecule has 0 saturated carbocycles. The molecular formula is C31H32O4. The molecule has 180 valence electrons. The van der Waals surface area contributed by atoms with Crippen molar-refractivity contribution in [2.75, 3.05) is 13.2 Å². The van der Waals surface area contributed by atoms with Gasteiger partial charge in [0.05, 0.1) is 11.2 Å². The molecule has 1 aliphatic heterocycles. The lowest BCUT2D eigenvalue weighted by Crippen LogP contribution is -2.33. The third-order valence-electron chi connectivity index (χ3n) is 6.91. The summed E-state index contributed by atoms with van der Waals surface area (Å²) in [5.41, 5.74) is 3.20. The number of fused-ring (bicyclic) bond motifs is 1. The zero-order valence-corrected chi connectivity index (χ0v) is 20.3. The average Bonchev–Trinajstić information content (AvgIpc) is 2.87. The second-order valence-corrected chi connectivity index (χ2v) is 9.96. The standard InChI is InChI=1S/C31H32O4/c1-30(2,32)26-18-24-11-12-27(20-29(24)28(19-26)23-8-4-3-5-9-23)35-21-22-7-6-10-25(17-22)31(33)13-15-34-16-14-31/h3-12,17-20,32-33H,13-16,21H2,1-2H3. The van der Waals surface area contributed by atoms with Crippen molar-refractivity contribution >= 4 is 10.8 Å². The van der Waals surface area contributed by atoms with Crippen LogP contribution in [-0.4, -0.2) is 23.4 Å². The number of hydrogen-bond donors (Lipinski definition) is 2. The normalized spacial score (nSPS) is 15.8. The molecule has 1 aliphatic rings. The Labute approximate surface area is 206 Å². The molecule has 1 heterocycles. The van der Waals surface area contributed by atoms with Gasteiger partial charge in [-0.2, -0.15) is 0 Å². The average molecular weight is 469 g/mol. The molecule has 1 saturated heterocycles. The van der Waals surface area contributed by atoms with Crippen LogP contribution in [0.1, 0.15) is 43.4 Å². The van der Waals surface area contributed by atoms with Gasteiger partial charge < -0.3 is 19.7 Å². The number of aliphatic hydroxyl groups is 2. The van der Waals surface area contributed by atoms with Crippen LogP contribution in [0.25, 0.3) is 21.9 Å². The molecule has 4 heteroatoms. The third kappa shape index (κ3) is 5.10. The van der Waals surface area contributed by atoms with Crippen LogP contribution in [0, 0.1) is 0 Å². The lowest BCUT2D eigenvalue weighted by atomic mass is 9.86. The fraction of sp³-hybridized carbons (Fsp3) is 0.290. The summed E-state index contributed by atoms with van der Waals surface area (Å²) in [6, 6.07) is 28.5. The maximum absolute atomic E-state index is 11.1. The summed E-state index contributed by atoms with van der Waals surface area (Å²) in [5, 5.41) is 23.9. The van der Waals surface area contributed by atoms with Gasteiger partial charge in [-0.15, -0.1) is 0 Å². The Hall–Kier alpha value is -3.18. The Balaban J connectivity index is 1.45. The molecule has 0 spiro atoms. The van der Waals surface area contributed by atoms with Gasteiger partial charge in [0, 0.05) is 26.1 Å². The molecule has 0 atom stereocenters. The van der Waals surface area contributed by atoms with Gasteiger partial charge in [0.15, 0.2) is 0 Å². The van der Waals surface area contributed by atoms with E-state index in [4.69, 9.17) is 9.47 Å². The molecule has 4 aromatic carbocycles. The molecule has 0 aliphatic carbocycles. The monoisotopic (exact) mass is 468 g/mol. The maximum Gasteiger partial charge on any atom is 0.120 e. The first kappa shape index (κ1) is 23.6. The Kier molecular flexibility index (Phi) is 6.37. The van der Waals surface area contributed by atoms with Crippen molar-refractivity contribution in [1.82, 2.24) is 0 Å². The summed E-state index contributed by atoms with van der Waals surface area (Å²) in [6.07, 6.45) is 1.22. The van der Waals surface area contributed by atoms with Crippen LogP contribution in [-0.2, 0) is 22.5 Å². The Morgan fingerprint density at radius 1 is 0.886 bits per heavy atom. The van der Waals surface area contributed by atoms with Crippen molar-refractivity contribution in [3.8, 4) is 16.9 Å². The summed E-state index contributed by atoms with van der Waals surface area (Å²) in [5.74, 6) is 0.779. The van der Waals surface area contributed by atoms with E-state index in [0.717, 1.165) is 44.3 Å². The van der Waals surface area contributed by atoms with E-state index in [1.54, 1.807) is 0 Å². The molecule has 5 rings (SSSR count). The predicted octanol–water partition coefficient (Wildman–Crippen LogP) is 6.31. The predicted molar refractivity (Wildman–Crippen MR) is 139 cm³/mol. The molecule has 35 heavy (non-hydrogen) atoms. The van der Waals surface area contributed by atoms with E-state index >= 15 is 0 Å². The molecule has 0 radical (unpaired) electrons. The van der Waals surface area contributed by atoms with Crippen molar-refractivity contribution in [3.05, 3.63) is 102 Å². The summed E-state index contributed by atoms with van der Waals surface area (Å²) in [7, 11) is 0. The minimum atomic E-state index is -0.938. The number of rotatable bonds is 6. The van der Waals surface area contributed by atoms with Crippen molar-refractivity contribution < 1.29 is 19.7 Å². The molecule has 0 amide bonds. The fourth-order valence-electron chi connectivity index (χ4n) is 4.75. The Bertz CT molecular complexity index is 1320. The number of hydrogen-bond acceptors (Lipinski definition) is 4. The van der Waals surface area contributed by atoms with Crippen LogP contribution in [0.4, 0.5) is 0 Å². The summed E-state index contributed by atoms with van der Waals surface area (Å²) >= 11 is 0. The molecule has 4 aromatic rings. The minimum Gasteiger partial charge on any atom is -0.489 e. The molecule has 0 aromatic heterocycles. The van der Waals surface area contributed by atoms with Gasteiger partial charge >= 0.3 is 0 Å². The molecule has 0 unspecified atom stereocenters. The molecule has 1 fully saturated rings. The van der Waals surface area contributed by atoms with E-state index < -0.39 is 11.2 Å². The summed E-state index contributed by atoms with van der Waals surface area (Å²) in [4.78, 5) is 0. The molecular weight excluding hydrogens is 436 g/mol. The Morgan fingerprint density at radius 2 is 1.66 bits per heavy atom. The maximum atomic E-state index is 11.1. The topological polar surface area (TPSA) is 58.9 Å². The number of benzene rings is 4. The van der Waals surface area contributed by atoms with E-state index in [-0.39, 0.29) is 0 Å². The lowest BCUT2D eigenvalue weighted by molar-refractivity contribution is -0.0679. The second-order valence-electron chi connectivity index (χ2n) is 9.96. The van der Waals surface area contributed by atoms with Gasteiger partial charge in [-0.1, -0.05) is 54.6 Å². The van der Waals surface area contributed by atoms with Crippen molar-refractivity contribution in [1.29, 1.82) is 0 Å². The van der Waals surface area contributed by atoms with E-state index in [9.17, 15) is 10.2 Å². The van der Waals surface area contributed by atoms with Crippen molar-refractivity contribution in [2.24, 2.45) is 0 Å². The molecule has 4 nitrogen and oxygen atoms in total. The third-order valence-corrected chi connectivity index (χ3v) is 6.91. The van der Waals surface area contributed by atoms with Gasteiger partial charge in [-0.05, 0) is 82.8 Å². The zero-order chi connectivity index (χ0) is 24.5. The van der Waals surface area contributed by atoms with Crippen LogP contribution in [0.3, 0.4) is 0 Å². The van der Waals surface area contributed by atoms with E-state index in [1.807, 2.05) is 74.5 Å². The van der Waals surface area contributed by atoms with Gasteiger partial charge in [-0.3, -0.25) is 0 Å². The quantitative estimate of drug-likeness (QED) is 0.348. The SMILES string of the molecule is CC(C)(O)c1cc(-c2ccccc2)c2cc(OCc3cccc(C4(O)CCOCC4)c3)ccc2c1. The summed E-state index contributed by atoms with van der Waals surface area (Å²) < 4.78 is 11.6. The highest BCUT2D eigenvalue weighted by atomic mass is 16.5. The van der Waals surface area contributed by atoms with Gasteiger partial charge in [0.25, 0.3) is 0 Å². The first-order valence-corrected chi connectivity index (χ1v) is 12.2. The second kappa shape index (κ2) is 9.46. The van der Waals surface area contributed by atoms with E-state index in [0.29, 0.717) is 32.7 Å². The molecule has 0 bridgehead atoms. The van der Waals surface area contributed by atoms with Crippen LogP contribution >= 0.6 is 0 Å². The van der Waals surface area contributed by atoms with E-state index in [1.165, 1.54) is 0 Å². The van der Waals surface area contributed by atoms with Gasteiger partial charge in [0.2, 0.25) is 0 Å². The largest absolute Gasteiger partial charge is 0.489 e. The Morgan fingerprint density at radius 3 is 2.40 bits per heavy atom. The summed E-state index contributed by atoms with van der Waals surface area (Å²) in [6.45, 7) is 5.19. The number of ether oxygens (including phenoxy) is 2. The van der Waals surface area contributed by atoms with Crippen LogP contribution in [0.2, 0.25) is 0 Å². The smallest absolute Gasteiger partial charge is 0.120 e. The first-order valence-electron chi connectivity index (χ1n) is 12.2. The highest BCUT2D eigenvalue weighted by Gasteiger charge is 2.31. The minimum absolute atomic E-state index is 0.411. The van der Waals surface area contributed by atoms with Gasteiger partial charge in [0.1, 0.15) is 12.4 Å². The molecule has 2 N–H and O–H groups in total. The van der Waals surface area contributed by atoms with Crippen LogP contribution in [0.5, 0.6) is 5.75 Å². The fourth-order valence-corrected chi connectivity index (χ4v) is 4.75. The van der Waals surface area contributed by atoms with Crippen LogP contribution < -0.4 is 4.74 Å². The first-order chi connectivity index (χ1) is 16.8. The van der Waals surface area contributed by atoms with Gasteiger partial charge in [-0.25, -0.2) is 0 Å². The van der Waals surface area contributed by atoms with E-state index in [2.05, 4.69) is 24.3 Å². The highest BCUT2D eigenvalue weighted by Crippen LogP contribution is 2.36. The zero-order valence-electron chi connectivity index (χ0n) is 20.3.